The van der Waals surface area contributed by atoms with Gasteiger partial charge in [-0.05, 0) is 18.3 Å². The Labute approximate surface area is 138 Å². The number of carbonyl (C=O) groups excluding carboxylic acids is 3. The number of rotatable bonds is 2. The third-order valence-corrected chi connectivity index (χ3v) is 0.355. The largest absolute Gasteiger partial charge is 2.00 e. The summed E-state index contributed by atoms with van der Waals surface area (Å²) in [6.45, 7) is 0. The molecule has 0 N–H and O–H groups in total. The van der Waals surface area contributed by atoms with Crippen LogP contribution in [0.3, 0.4) is 0 Å². The topological polar surface area (TPSA) is 143 Å². The first-order valence-corrected chi connectivity index (χ1v) is 2.34. The molecule has 68 valence electrons. The van der Waals surface area contributed by atoms with Crippen LogP contribution in [0.2, 0.25) is 0 Å². The summed E-state index contributed by atoms with van der Waals surface area (Å²) >= 11 is 0. The molecule has 0 atom stereocenters. The maximum atomic E-state index is 9.41. The van der Waals surface area contributed by atoms with Gasteiger partial charge in [-0.2, -0.15) is 0 Å². The minimum atomic E-state index is -2.33. The van der Waals surface area contributed by atoms with Crippen LogP contribution in [0.15, 0.2) is 12.2 Å². The first-order valence-electron chi connectivity index (χ1n) is 2.34. The molecule has 0 rings (SSSR count). The fourth-order valence-corrected chi connectivity index (χ4v) is 0.136. The van der Waals surface area contributed by atoms with Crippen molar-refractivity contribution in [2.45, 2.75) is 0 Å². The molecule has 0 aromatic heterocycles. The number of hydrogen-bond donors (Lipinski definition) is 0. The smallest absolute Gasteiger partial charge is 0.652 e. The van der Waals surface area contributed by atoms with Gasteiger partial charge in [-0.3, -0.25) is 0 Å². The van der Waals surface area contributed by atoms with Gasteiger partial charge in [0, 0.05) is 0 Å². The van der Waals surface area contributed by atoms with E-state index in [-0.39, 0.29) is 75.5 Å². The fraction of sp³-hybridized carbons (Fsp3) is 0. The first-order chi connectivity index (χ1) is 5.36. The van der Waals surface area contributed by atoms with Crippen molar-refractivity contribution in [2.24, 2.45) is 0 Å². The molecule has 0 aliphatic carbocycles. The molecule has 0 aliphatic rings. The summed E-state index contributed by atoms with van der Waals surface area (Å²) in [5.74, 6) is -3.09. The van der Waals surface area contributed by atoms with E-state index in [2.05, 4.69) is 0 Å². The van der Waals surface area contributed by atoms with E-state index in [0.717, 1.165) is 0 Å². The summed E-state index contributed by atoms with van der Waals surface area (Å²) in [7, 11) is 0. The molecule has 0 bridgehead atoms. The van der Waals surface area contributed by atoms with Crippen molar-refractivity contribution in [3.8, 4) is 0 Å². The van der Waals surface area contributed by atoms with Gasteiger partial charge in [0.1, 0.15) is 0 Å². The van der Waals surface area contributed by atoms with Gasteiger partial charge in [-0.25, -0.2) is 0 Å². The van der Waals surface area contributed by atoms with E-state index >= 15 is 0 Å². The van der Waals surface area contributed by atoms with Gasteiger partial charge in [-0.15, -0.1) is 0 Å². The quantitative estimate of drug-likeness (QED) is 0.352. The second-order valence-electron chi connectivity index (χ2n) is 1.22. The average Bonchev–Trinajstić information content (AvgIpc) is 1.82. The molecule has 0 heterocycles. The number of carboxylic acid groups (broad SMARTS) is 4. The van der Waals surface area contributed by atoms with Crippen LogP contribution in [0.5, 0.6) is 0 Å². The van der Waals surface area contributed by atoms with Crippen molar-refractivity contribution in [2.75, 3.05) is 0 Å². The van der Waals surface area contributed by atoms with Crippen LogP contribution in [0.1, 0.15) is 0 Å². The third-order valence-electron chi connectivity index (χ3n) is 0.355. The van der Waals surface area contributed by atoms with Crippen LogP contribution in [0.4, 0.5) is 4.79 Å². The van der Waals surface area contributed by atoms with E-state index in [4.69, 9.17) is 15.0 Å². The zero-order valence-corrected chi connectivity index (χ0v) is 11.3. The Hall–Kier alpha value is 0.469. The number of carboxylic acids is 2. The molecule has 0 saturated carbocycles. The van der Waals surface area contributed by atoms with Crippen LogP contribution in [-0.2, 0) is 9.59 Å². The molecule has 0 radical (unpaired) electrons. The number of aliphatic carboxylic acids is 2. The summed E-state index contributed by atoms with van der Waals surface area (Å²) in [5.41, 5.74) is 0. The van der Waals surface area contributed by atoms with Crippen molar-refractivity contribution in [1.82, 2.24) is 0 Å². The molecule has 0 fully saturated rings. The molecule has 0 unspecified atom stereocenters. The maximum absolute atomic E-state index is 9.41. The van der Waals surface area contributed by atoms with E-state index < -0.39 is 18.1 Å². The summed E-state index contributed by atoms with van der Waals surface area (Å²) in [6, 6.07) is 0. The third kappa shape index (κ3) is 54.8. The molecule has 14 heavy (non-hydrogen) atoms. The molecular formula is C5H2Ca2O7. The van der Waals surface area contributed by atoms with Crippen LogP contribution in [-0.4, -0.2) is 93.6 Å². The minimum Gasteiger partial charge on any atom is -0.652 e. The molecule has 9 heteroatoms. The summed E-state index contributed by atoms with van der Waals surface area (Å²) in [5, 5.41) is 35.5. The SMILES string of the molecule is O=C([O-])C=CC(=O)[O-].O=C([O-])[O-].[Ca+2].[Ca+2]. The van der Waals surface area contributed by atoms with Gasteiger partial charge in [0.15, 0.2) is 0 Å². The van der Waals surface area contributed by atoms with Crippen molar-refractivity contribution < 1.29 is 34.8 Å². The fourth-order valence-electron chi connectivity index (χ4n) is 0.136. The summed E-state index contributed by atoms with van der Waals surface area (Å²) in [4.78, 5) is 27.2. The van der Waals surface area contributed by atoms with E-state index in [0.29, 0.717) is 12.2 Å². The molecule has 0 amide bonds. The van der Waals surface area contributed by atoms with Gasteiger partial charge in [0.2, 0.25) is 0 Å². The van der Waals surface area contributed by atoms with E-state index in [9.17, 15) is 19.8 Å². The van der Waals surface area contributed by atoms with Gasteiger partial charge < -0.3 is 34.8 Å². The Morgan fingerprint density at radius 2 is 0.857 bits per heavy atom. The van der Waals surface area contributed by atoms with Gasteiger partial charge >= 0.3 is 75.5 Å². The second-order valence-corrected chi connectivity index (χ2v) is 1.22. The average molecular weight is 254 g/mol. The van der Waals surface area contributed by atoms with Gasteiger partial charge in [0.25, 0.3) is 0 Å². The molecule has 0 saturated heterocycles. The molecule has 7 nitrogen and oxygen atoms in total. The normalized spacial score (nSPS) is 7.14. The van der Waals surface area contributed by atoms with E-state index in [1.165, 1.54) is 0 Å². The zero-order valence-electron chi connectivity index (χ0n) is 6.93. The number of carbonyl (C=O) groups is 3. The molecule has 0 aromatic rings. The minimum absolute atomic E-state index is 0. The summed E-state index contributed by atoms with van der Waals surface area (Å²) in [6.07, 6.45) is -1.56. The Morgan fingerprint density at radius 1 is 0.714 bits per heavy atom. The molecular weight excluding hydrogens is 252 g/mol. The Kier molecular flexibility index (Phi) is 27.2. The van der Waals surface area contributed by atoms with Gasteiger partial charge in [0.05, 0.1) is 11.9 Å². The van der Waals surface area contributed by atoms with Gasteiger partial charge in [-0.1, -0.05) is 0 Å². The van der Waals surface area contributed by atoms with Crippen molar-refractivity contribution in [3.63, 3.8) is 0 Å². The van der Waals surface area contributed by atoms with Crippen molar-refractivity contribution in [3.05, 3.63) is 12.2 Å². The predicted molar refractivity (Wildman–Crippen MR) is 36.1 cm³/mol. The van der Waals surface area contributed by atoms with Crippen molar-refractivity contribution >= 4 is 93.6 Å². The molecule has 0 spiro atoms. The summed E-state index contributed by atoms with van der Waals surface area (Å²) < 4.78 is 0. The van der Waals surface area contributed by atoms with Crippen LogP contribution < -0.4 is 20.4 Å². The van der Waals surface area contributed by atoms with Crippen LogP contribution >= 0.6 is 0 Å². The van der Waals surface area contributed by atoms with Crippen LogP contribution in [0, 0.1) is 0 Å². The predicted octanol–water partition coefficient (Wildman–Crippen LogP) is -6.17. The first kappa shape index (κ1) is 23.9. The number of hydrogen-bond acceptors (Lipinski definition) is 7. The van der Waals surface area contributed by atoms with E-state index in [1.54, 1.807) is 0 Å². The van der Waals surface area contributed by atoms with E-state index in [1.807, 2.05) is 0 Å². The monoisotopic (exact) mass is 254 g/mol. The van der Waals surface area contributed by atoms with Crippen LogP contribution in [0.25, 0.3) is 0 Å². The molecule has 0 aliphatic heterocycles. The standard InChI is InChI=1S/C4H4O4.CH2O3.2Ca/c5-3(6)1-2-4(7)8;2-1(3)4;;/h1-2H,(H,5,6)(H,7,8);(H2,2,3,4);;/q;;2*+2/p-4. The molecule has 0 aromatic carbocycles. The van der Waals surface area contributed by atoms with Crippen molar-refractivity contribution in [1.29, 1.82) is 0 Å². The second kappa shape index (κ2) is 15.9. The Balaban J connectivity index is -0.0000000733. The zero-order chi connectivity index (χ0) is 10.1. The maximum Gasteiger partial charge on any atom is 2.00 e. The Morgan fingerprint density at radius 3 is 0.929 bits per heavy atom. The Bertz CT molecular complexity index is 192.